The first kappa shape index (κ1) is 10.8. The van der Waals surface area contributed by atoms with Crippen molar-refractivity contribution in [3.63, 3.8) is 0 Å². The number of nitrogens with zero attached hydrogens (tertiary/aromatic N) is 1. The van der Waals surface area contributed by atoms with E-state index in [1.165, 1.54) is 6.42 Å². The van der Waals surface area contributed by atoms with Crippen molar-refractivity contribution >= 4 is 17.5 Å². The average Bonchev–Trinajstić information content (AvgIpc) is 2.16. The van der Waals surface area contributed by atoms with Crippen LogP contribution in [-0.4, -0.2) is 29.3 Å². The minimum Gasteiger partial charge on any atom is -0.338 e. The zero-order valence-corrected chi connectivity index (χ0v) is 9.18. The van der Waals surface area contributed by atoms with Gasteiger partial charge in [0.2, 0.25) is 5.91 Å². The number of carbonyl (C=O) groups excluding carboxylic acids is 1. The van der Waals surface area contributed by atoms with Crippen LogP contribution in [0, 0.1) is 5.92 Å². The summed E-state index contributed by atoms with van der Waals surface area (Å²) in [7, 11) is 0. The normalized spacial score (nSPS) is 23.7. The highest BCUT2D eigenvalue weighted by Gasteiger charge is 2.27. The maximum Gasteiger partial charge on any atom is 0.237 e. The molecule has 1 saturated heterocycles. The van der Waals surface area contributed by atoms with Crippen LogP contribution in [0.2, 0.25) is 0 Å². The third kappa shape index (κ3) is 2.60. The van der Waals surface area contributed by atoms with E-state index in [4.69, 9.17) is 11.6 Å². The zero-order chi connectivity index (χ0) is 9.84. The van der Waals surface area contributed by atoms with Crippen molar-refractivity contribution in [3.8, 4) is 0 Å². The summed E-state index contributed by atoms with van der Waals surface area (Å²) >= 11 is 5.56. The van der Waals surface area contributed by atoms with Crippen molar-refractivity contribution in [2.75, 3.05) is 12.4 Å². The lowest BCUT2D eigenvalue weighted by Gasteiger charge is -2.38. The fraction of sp³-hybridized carbons (Fsp3) is 0.900. The van der Waals surface area contributed by atoms with Crippen LogP contribution in [0.25, 0.3) is 0 Å². The molecule has 1 atom stereocenters. The summed E-state index contributed by atoms with van der Waals surface area (Å²) in [5, 5.41) is 0. The molecule has 1 unspecified atom stereocenters. The molecule has 1 fully saturated rings. The van der Waals surface area contributed by atoms with Gasteiger partial charge in [-0.15, -0.1) is 11.6 Å². The Bertz CT molecular complexity index is 182. The SMILES string of the molecule is CC(C)C1CCCCN1C(=O)CCl. The van der Waals surface area contributed by atoms with Gasteiger partial charge < -0.3 is 4.90 Å². The van der Waals surface area contributed by atoms with Gasteiger partial charge in [0, 0.05) is 12.6 Å². The van der Waals surface area contributed by atoms with Crippen molar-refractivity contribution in [3.05, 3.63) is 0 Å². The predicted octanol–water partition coefficient (Wildman–Crippen LogP) is 2.26. The minimum absolute atomic E-state index is 0.0973. The molecule has 0 aromatic carbocycles. The third-order valence-corrected chi connectivity index (χ3v) is 2.98. The molecule has 0 aromatic heterocycles. The van der Waals surface area contributed by atoms with Crippen LogP contribution >= 0.6 is 11.6 Å². The molecule has 2 nitrogen and oxygen atoms in total. The van der Waals surface area contributed by atoms with Crippen molar-refractivity contribution in [2.24, 2.45) is 5.92 Å². The van der Waals surface area contributed by atoms with Gasteiger partial charge in [-0.25, -0.2) is 0 Å². The molecule has 1 amide bonds. The molecule has 0 aliphatic carbocycles. The van der Waals surface area contributed by atoms with Gasteiger partial charge in [0.05, 0.1) is 0 Å². The highest BCUT2D eigenvalue weighted by molar-refractivity contribution is 6.27. The molecule has 1 heterocycles. The number of hydrogen-bond donors (Lipinski definition) is 0. The fourth-order valence-electron chi connectivity index (χ4n) is 2.04. The highest BCUT2D eigenvalue weighted by Crippen LogP contribution is 2.23. The van der Waals surface area contributed by atoms with E-state index in [0.717, 1.165) is 19.4 Å². The molecular formula is C10H18ClNO. The monoisotopic (exact) mass is 203 g/mol. The van der Waals surface area contributed by atoms with Crippen LogP contribution in [-0.2, 0) is 4.79 Å². The Kier molecular flexibility index (Phi) is 4.04. The van der Waals surface area contributed by atoms with Crippen molar-refractivity contribution in [1.82, 2.24) is 4.90 Å². The maximum atomic E-state index is 11.5. The van der Waals surface area contributed by atoms with E-state index in [0.29, 0.717) is 12.0 Å². The van der Waals surface area contributed by atoms with E-state index in [1.807, 2.05) is 4.90 Å². The molecule has 76 valence electrons. The van der Waals surface area contributed by atoms with E-state index < -0.39 is 0 Å². The Labute approximate surface area is 85.2 Å². The Morgan fingerprint density at radius 1 is 1.54 bits per heavy atom. The summed E-state index contributed by atoms with van der Waals surface area (Å²) < 4.78 is 0. The number of carbonyl (C=O) groups is 1. The van der Waals surface area contributed by atoms with Gasteiger partial charge in [0.25, 0.3) is 0 Å². The summed E-state index contributed by atoms with van der Waals surface area (Å²) in [5.41, 5.74) is 0. The summed E-state index contributed by atoms with van der Waals surface area (Å²) in [6.07, 6.45) is 3.51. The lowest BCUT2D eigenvalue weighted by atomic mass is 9.93. The maximum absolute atomic E-state index is 11.5. The van der Waals surface area contributed by atoms with Crippen LogP contribution < -0.4 is 0 Å². The summed E-state index contributed by atoms with van der Waals surface area (Å²) in [6, 6.07) is 0.417. The van der Waals surface area contributed by atoms with Crippen molar-refractivity contribution in [2.45, 2.75) is 39.2 Å². The quantitative estimate of drug-likeness (QED) is 0.631. The lowest BCUT2D eigenvalue weighted by Crippen LogP contribution is -2.46. The molecule has 1 aliphatic heterocycles. The Morgan fingerprint density at radius 2 is 2.23 bits per heavy atom. The standard InChI is InChI=1S/C10H18ClNO/c1-8(2)9-5-3-4-6-12(9)10(13)7-11/h8-9H,3-7H2,1-2H3. The van der Waals surface area contributed by atoms with Gasteiger partial charge >= 0.3 is 0 Å². The predicted molar refractivity (Wildman–Crippen MR) is 54.9 cm³/mol. The number of alkyl halides is 1. The van der Waals surface area contributed by atoms with Gasteiger partial charge in [-0.1, -0.05) is 13.8 Å². The van der Waals surface area contributed by atoms with E-state index >= 15 is 0 Å². The molecule has 0 radical (unpaired) electrons. The van der Waals surface area contributed by atoms with Crippen LogP contribution in [0.3, 0.4) is 0 Å². The summed E-state index contributed by atoms with van der Waals surface area (Å²) in [6.45, 7) is 5.24. The number of likely N-dealkylation sites (tertiary alicyclic amines) is 1. The van der Waals surface area contributed by atoms with Crippen LogP contribution in [0.4, 0.5) is 0 Å². The van der Waals surface area contributed by atoms with Gasteiger partial charge in [0.15, 0.2) is 0 Å². The van der Waals surface area contributed by atoms with Crippen molar-refractivity contribution < 1.29 is 4.79 Å². The van der Waals surface area contributed by atoms with Crippen LogP contribution in [0.15, 0.2) is 0 Å². The molecule has 0 saturated carbocycles. The van der Waals surface area contributed by atoms with Gasteiger partial charge in [-0.05, 0) is 25.2 Å². The second-order valence-corrected chi connectivity index (χ2v) is 4.30. The molecule has 0 spiro atoms. The van der Waals surface area contributed by atoms with Crippen LogP contribution in [0.5, 0.6) is 0 Å². The minimum atomic E-state index is 0.0973. The highest BCUT2D eigenvalue weighted by atomic mass is 35.5. The Hall–Kier alpha value is -0.240. The molecule has 0 aromatic rings. The fourth-order valence-corrected chi connectivity index (χ4v) is 2.19. The molecule has 1 aliphatic rings. The number of hydrogen-bond acceptors (Lipinski definition) is 1. The molecule has 0 N–H and O–H groups in total. The van der Waals surface area contributed by atoms with E-state index in [9.17, 15) is 4.79 Å². The molecule has 3 heteroatoms. The summed E-state index contributed by atoms with van der Waals surface area (Å²) in [5.74, 6) is 0.774. The Morgan fingerprint density at radius 3 is 2.77 bits per heavy atom. The van der Waals surface area contributed by atoms with Gasteiger partial charge in [-0.2, -0.15) is 0 Å². The molecular weight excluding hydrogens is 186 g/mol. The molecule has 13 heavy (non-hydrogen) atoms. The lowest BCUT2D eigenvalue weighted by molar-refractivity contribution is -0.133. The number of amides is 1. The van der Waals surface area contributed by atoms with E-state index in [1.54, 1.807) is 0 Å². The average molecular weight is 204 g/mol. The topological polar surface area (TPSA) is 20.3 Å². The smallest absolute Gasteiger partial charge is 0.237 e. The van der Waals surface area contributed by atoms with Crippen LogP contribution in [0.1, 0.15) is 33.1 Å². The van der Waals surface area contributed by atoms with E-state index in [-0.39, 0.29) is 11.8 Å². The number of rotatable bonds is 2. The largest absolute Gasteiger partial charge is 0.338 e. The zero-order valence-electron chi connectivity index (χ0n) is 8.42. The van der Waals surface area contributed by atoms with Gasteiger partial charge in [0.1, 0.15) is 5.88 Å². The Balaban J connectivity index is 2.61. The molecule has 0 bridgehead atoms. The first-order chi connectivity index (χ1) is 6.16. The summed E-state index contributed by atoms with van der Waals surface area (Å²) in [4.78, 5) is 13.4. The third-order valence-electron chi connectivity index (χ3n) is 2.75. The first-order valence-corrected chi connectivity index (χ1v) is 5.55. The number of piperidine rings is 1. The van der Waals surface area contributed by atoms with E-state index in [2.05, 4.69) is 13.8 Å². The second kappa shape index (κ2) is 4.85. The second-order valence-electron chi connectivity index (χ2n) is 4.03. The molecule has 1 rings (SSSR count). The van der Waals surface area contributed by atoms with Gasteiger partial charge in [-0.3, -0.25) is 4.79 Å². The first-order valence-electron chi connectivity index (χ1n) is 5.02. The number of halogens is 1. The van der Waals surface area contributed by atoms with Crippen molar-refractivity contribution in [1.29, 1.82) is 0 Å².